The van der Waals surface area contributed by atoms with Crippen LogP contribution in [0.4, 0.5) is 4.79 Å². The highest BCUT2D eigenvalue weighted by Crippen LogP contribution is 2.31. The van der Waals surface area contributed by atoms with Crippen LogP contribution in [0.15, 0.2) is 48.5 Å². The first-order valence-electron chi connectivity index (χ1n) is 9.66. The van der Waals surface area contributed by atoms with Gasteiger partial charge in [0, 0.05) is 5.02 Å². The first-order valence-corrected chi connectivity index (χ1v) is 10.0. The third-order valence-corrected chi connectivity index (χ3v) is 5.95. The molecular formula is C22H22ClN3O3. The fourth-order valence-corrected chi connectivity index (χ4v) is 4.23. The maximum absolute atomic E-state index is 13.0. The normalized spacial score (nSPS) is 23.5. The predicted molar refractivity (Wildman–Crippen MR) is 109 cm³/mol. The molecule has 7 heteroatoms. The number of hydrogen-bond acceptors (Lipinski definition) is 3. The lowest BCUT2D eigenvalue weighted by Gasteiger charge is -2.27. The highest BCUT2D eigenvalue weighted by atomic mass is 35.5. The van der Waals surface area contributed by atoms with E-state index in [-0.39, 0.29) is 18.5 Å². The molecular weight excluding hydrogens is 390 g/mol. The average Bonchev–Trinajstić information content (AvgIpc) is 2.92. The molecule has 0 radical (unpaired) electrons. The molecule has 1 fully saturated rings. The molecule has 4 rings (SSSR count). The molecule has 0 saturated carbocycles. The second kappa shape index (κ2) is 7.52. The van der Waals surface area contributed by atoms with Crippen LogP contribution in [0.25, 0.3) is 0 Å². The van der Waals surface area contributed by atoms with Crippen molar-refractivity contribution in [2.45, 2.75) is 37.8 Å². The summed E-state index contributed by atoms with van der Waals surface area (Å²) in [7, 11) is 0. The minimum Gasteiger partial charge on any atom is -0.348 e. The minimum absolute atomic E-state index is 0.101. The minimum atomic E-state index is -1.22. The number of aryl methyl sites for hydroxylation is 1. The van der Waals surface area contributed by atoms with Crippen LogP contribution in [0, 0.1) is 0 Å². The van der Waals surface area contributed by atoms with Crippen LogP contribution in [0.5, 0.6) is 0 Å². The van der Waals surface area contributed by atoms with Gasteiger partial charge in [-0.05, 0) is 55.0 Å². The van der Waals surface area contributed by atoms with Gasteiger partial charge in [0.25, 0.3) is 5.91 Å². The molecule has 2 atom stereocenters. The molecule has 2 aliphatic rings. The van der Waals surface area contributed by atoms with E-state index in [2.05, 4.69) is 16.7 Å². The number of benzene rings is 2. The standard InChI is InChI=1S/C22H22ClN3O3/c1-22(15-9-11-16(23)12-10-15)20(28)26(21(29)25-22)13-19(27)24-18-8-4-6-14-5-2-3-7-17(14)18/h2-3,5,7,9-12,18H,4,6,8,13H2,1H3,(H,24,27)(H,25,29)/t18-,22+/m1/s1. The summed E-state index contributed by atoms with van der Waals surface area (Å²) in [6.07, 6.45) is 2.82. The van der Waals surface area contributed by atoms with Crippen molar-refractivity contribution >= 4 is 29.4 Å². The fraction of sp³-hybridized carbons (Fsp3) is 0.318. The Morgan fingerprint density at radius 1 is 1.21 bits per heavy atom. The molecule has 1 aliphatic carbocycles. The van der Waals surface area contributed by atoms with Crippen molar-refractivity contribution < 1.29 is 14.4 Å². The van der Waals surface area contributed by atoms with Crippen LogP contribution >= 0.6 is 11.6 Å². The molecule has 6 nitrogen and oxygen atoms in total. The Hall–Kier alpha value is -2.86. The third-order valence-electron chi connectivity index (χ3n) is 5.70. The summed E-state index contributed by atoms with van der Waals surface area (Å²) in [6, 6.07) is 14.1. The highest BCUT2D eigenvalue weighted by molar-refractivity contribution is 6.30. The zero-order valence-electron chi connectivity index (χ0n) is 16.1. The number of amides is 4. The molecule has 150 valence electrons. The van der Waals surface area contributed by atoms with Gasteiger partial charge in [-0.2, -0.15) is 0 Å². The number of fused-ring (bicyclic) bond motifs is 1. The lowest BCUT2D eigenvalue weighted by molar-refractivity contribution is -0.135. The Kier molecular flexibility index (Phi) is 5.04. The quantitative estimate of drug-likeness (QED) is 0.757. The van der Waals surface area contributed by atoms with Crippen LogP contribution in [-0.2, 0) is 21.5 Å². The van der Waals surface area contributed by atoms with Crippen molar-refractivity contribution in [1.29, 1.82) is 0 Å². The Morgan fingerprint density at radius 2 is 1.93 bits per heavy atom. The highest BCUT2D eigenvalue weighted by Gasteiger charge is 2.49. The fourth-order valence-electron chi connectivity index (χ4n) is 4.11. The number of nitrogens with one attached hydrogen (secondary N) is 2. The number of rotatable bonds is 4. The van der Waals surface area contributed by atoms with Crippen molar-refractivity contribution in [2.24, 2.45) is 0 Å². The number of nitrogens with zero attached hydrogens (tertiary/aromatic N) is 1. The van der Waals surface area contributed by atoms with E-state index in [0.717, 1.165) is 29.7 Å². The molecule has 2 N–H and O–H groups in total. The number of halogens is 1. The molecule has 1 saturated heterocycles. The van der Waals surface area contributed by atoms with E-state index >= 15 is 0 Å². The Labute approximate surface area is 174 Å². The van der Waals surface area contributed by atoms with Gasteiger partial charge in [-0.3, -0.25) is 14.5 Å². The van der Waals surface area contributed by atoms with Crippen molar-refractivity contribution in [1.82, 2.24) is 15.5 Å². The van der Waals surface area contributed by atoms with Gasteiger partial charge in [0.1, 0.15) is 12.1 Å². The largest absolute Gasteiger partial charge is 0.348 e. The van der Waals surface area contributed by atoms with Crippen molar-refractivity contribution in [3.05, 3.63) is 70.2 Å². The van der Waals surface area contributed by atoms with E-state index in [4.69, 9.17) is 11.6 Å². The molecule has 29 heavy (non-hydrogen) atoms. The summed E-state index contributed by atoms with van der Waals surface area (Å²) in [6.45, 7) is 1.32. The first kappa shape index (κ1) is 19.5. The number of urea groups is 1. The topological polar surface area (TPSA) is 78.5 Å². The lowest BCUT2D eigenvalue weighted by Crippen LogP contribution is -2.44. The average molecular weight is 412 g/mol. The Bertz CT molecular complexity index is 976. The van der Waals surface area contributed by atoms with E-state index in [1.165, 1.54) is 5.56 Å². The molecule has 1 heterocycles. The third kappa shape index (κ3) is 3.60. The van der Waals surface area contributed by atoms with Gasteiger partial charge >= 0.3 is 6.03 Å². The zero-order valence-corrected chi connectivity index (χ0v) is 16.8. The summed E-state index contributed by atoms with van der Waals surface area (Å²) < 4.78 is 0. The second-order valence-corrected chi connectivity index (χ2v) is 8.10. The van der Waals surface area contributed by atoms with E-state index in [1.807, 2.05) is 18.2 Å². The number of carbonyl (C=O) groups is 3. The molecule has 0 bridgehead atoms. The summed E-state index contributed by atoms with van der Waals surface area (Å²) >= 11 is 5.92. The number of carbonyl (C=O) groups excluding carboxylic acids is 3. The van der Waals surface area contributed by atoms with Crippen LogP contribution in [0.1, 0.15) is 42.5 Å². The Balaban J connectivity index is 1.47. The lowest BCUT2D eigenvalue weighted by atomic mass is 9.88. The molecule has 0 spiro atoms. The maximum Gasteiger partial charge on any atom is 0.325 e. The van der Waals surface area contributed by atoms with Crippen LogP contribution in [0.2, 0.25) is 5.02 Å². The van der Waals surface area contributed by atoms with Gasteiger partial charge in [-0.15, -0.1) is 0 Å². The maximum atomic E-state index is 13.0. The zero-order chi connectivity index (χ0) is 20.6. The molecule has 4 amide bonds. The van der Waals surface area contributed by atoms with Crippen molar-refractivity contribution in [3.63, 3.8) is 0 Å². The SMILES string of the molecule is C[C@@]1(c2ccc(Cl)cc2)NC(=O)N(CC(=O)N[C@@H]2CCCc3ccccc32)C1=O. The molecule has 0 aromatic heterocycles. The van der Waals surface area contributed by atoms with E-state index in [0.29, 0.717) is 10.6 Å². The van der Waals surface area contributed by atoms with E-state index in [1.54, 1.807) is 31.2 Å². The summed E-state index contributed by atoms with van der Waals surface area (Å²) in [5.41, 5.74) is 1.73. The van der Waals surface area contributed by atoms with E-state index < -0.39 is 17.5 Å². The summed E-state index contributed by atoms with van der Waals surface area (Å²) in [5, 5.41) is 6.23. The second-order valence-electron chi connectivity index (χ2n) is 7.66. The van der Waals surface area contributed by atoms with Crippen LogP contribution in [0.3, 0.4) is 0 Å². The summed E-state index contributed by atoms with van der Waals surface area (Å²) in [4.78, 5) is 39.1. The Morgan fingerprint density at radius 3 is 2.69 bits per heavy atom. The first-order chi connectivity index (χ1) is 13.9. The molecule has 1 aliphatic heterocycles. The van der Waals surface area contributed by atoms with Gasteiger partial charge < -0.3 is 10.6 Å². The van der Waals surface area contributed by atoms with Gasteiger partial charge in [0.2, 0.25) is 5.91 Å². The van der Waals surface area contributed by atoms with Crippen LogP contribution < -0.4 is 10.6 Å². The number of imide groups is 1. The predicted octanol–water partition coefficient (Wildman–Crippen LogP) is 3.30. The summed E-state index contributed by atoms with van der Waals surface area (Å²) in [5.74, 6) is -0.806. The monoisotopic (exact) mass is 411 g/mol. The molecule has 2 aromatic rings. The van der Waals surface area contributed by atoms with Gasteiger partial charge in [0.15, 0.2) is 0 Å². The molecule has 0 unspecified atom stereocenters. The van der Waals surface area contributed by atoms with Gasteiger partial charge in [-0.1, -0.05) is 48.0 Å². The van der Waals surface area contributed by atoms with E-state index in [9.17, 15) is 14.4 Å². The van der Waals surface area contributed by atoms with Crippen molar-refractivity contribution in [2.75, 3.05) is 6.54 Å². The smallest absolute Gasteiger partial charge is 0.325 e. The van der Waals surface area contributed by atoms with Crippen LogP contribution in [-0.4, -0.2) is 29.3 Å². The van der Waals surface area contributed by atoms with Crippen molar-refractivity contribution in [3.8, 4) is 0 Å². The van der Waals surface area contributed by atoms with Gasteiger partial charge in [0.05, 0.1) is 6.04 Å². The number of hydrogen-bond donors (Lipinski definition) is 2. The van der Waals surface area contributed by atoms with Gasteiger partial charge in [-0.25, -0.2) is 4.79 Å². The molecule has 2 aromatic carbocycles.